The monoisotopic (exact) mass is 245 g/mol. The van der Waals surface area contributed by atoms with Crippen molar-refractivity contribution in [2.24, 2.45) is 5.92 Å². The lowest BCUT2D eigenvalue weighted by Crippen LogP contribution is -2.09. The molecule has 1 unspecified atom stereocenters. The van der Waals surface area contributed by atoms with Crippen molar-refractivity contribution in [3.8, 4) is 0 Å². The van der Waals surface area contributed by atoms with Gasteiger partial charge in [-0.2, -0.15) is 0 Å². The molecule has 18 heavy (non-hydrogen) atoms. The van der Waals surface area contributed by atoms with Crippen molar-refractivity contribution in [1.82, 2.24) is 4.57 Å². The molecule has 3 nitrogen and oxygen atoms in total. The fraction of sp³-hybridized carbons (Fsp3) is 0.400. The average Bonchev–Trinajstić information content (AvgIpc) is 2.70. The topological polar surface area (TPSA) is 42.2 Å². The van der Waals surface area contributed by atoms with E-state index in [9.17, 15) is 9.90 Å². The fourth-order valence-corrected chi connectivity index (χ4v) is 2.55. The third-order valence-electron chi connectivity index (χ3n) is 3.26. The molecule has 0 aliphatic carbocycles. The first kappa shape index (κ1) is 12.7. The quantitative estimate of drug-likeness (QED) is 0.886. The van der Waals surface area contributed by atoms with Crippen LogP contribution in [0.15, 0.2) is 30.5 Å². The van der Waals surface area contributed by atoms with Crippen LogP contribution in [0.3, 0.4) is 0 Å². The van der Waals surface area contributed by atoms with Crippen LogP contribution in [0.2, 0.25) is 0 Å². The molecule has 0 aliphatic heterocycles. The first-order valence-corrected chi connectivity index (χ1v) is 6.33. The van der Waals surface area contributed by atoms with Gasteiger partial charge in [0.15, 0.2) is 0 Å². The van der Waals surface area contributed by atoms with Crippen LogP contribution in [0, 0.1) is 5.92 Å². The molecule has 1 atom stereocenters. The smallest absolute Gasteiger partial charge is 0.337 e. The Morgan fingerprint density at radius 1 is 1.28 bits per heavy atom. The van der Waals surface area contributed by atoms with E-state index >= 15 is 0 Å². The largest absolute Gasteiger partial charge is 0.478 e. The maximum Gasteiger partial charge on any atom is 0.337 e. The van der Waals surface area contributed by atoms with Gasteiger partial charge in [0.2, 0.25) is 0 Å². The van der Waals surface area contributed by atoms with E-state index in [1.54, 1.807) is 12.1 Å². The minimum atomic E-state index is -0.864. The zero-order chi connectivity index (χ0) is 13.3. The molecule has 3 heteroatoms. The van der Waals surface area contributed by atoms with Gasteiger partial charge in [0.1, 0.15) is 0 Å². The van der Waals surface area contributed by atoms with E-state index in [0.717, 1.165) is 17.3 Å². The highest BCUT2D eigenvalue weighted by atomic mass is 16.4. The SMILES string of the molecule is CC(C)CC(C)n1ccc2cccc(C(=O)O)c21. The molecule has 2 rings (SSSR count). The number of nitrogens with zero attached hydrogens (tertiary/aromatic N) is 1. The van der Waals surface area contributed by atoms with E-state index in [0.29, 0.717) is 17.5 Å². The molecular formula is C15H19NO2. The lowest BCUT2D eigenvalue weighted by molar-refractivity contribution is 0.0698. The summed E-state index contributed by atoms with van der Waals surface area (Å²) in [5, 5.41) is 10.3. The first-order chi connectivity index (χ1) is 8.50. The third-order valence-corrected chi connectivity index (χ3v) is 3.26. The zero-order valence-corrected chi connectivity index (χ0v) is 11.1. The summed E-state index contributed by atoms with van der Waals surface area (Å²) in [6.45, 7) is 6.50. The van der Waals surface area contributed by atoms with Crippen LogP contribution in [0.1, 0.15) is 43.6 Å². The van der Waals surface area contributed by atoms with Gasteiger partial charge in [-0.15, -0.1) is 0 Å². The van der Waals surface area contributed by atoms with Gasteiger partial charge >= 0.3 is 5.97 Å². The van der Waals surface area contributed by atoms with Gasteiger partial charge in [-0.05, 0) is 31.4 Å². The highest BCUT2D eigenvalue weighted by molar-refractivity contribution is 6.02. The Labute approximate surface area is 107 Å². The number of benzene rings is 1. The van der Waals surface area contributed by atoms with E-state index in [-0.39, 0.29) is 0 Å². The van der Waals surface area contributed by atoms with Crippen molar-refractivity contribution < 1.29 is 9.90 Å². The van der Waals surface area contributed by atoms with E-state index in [1.807, 2.05) is 18.3 Å². The summed E-state index contributed by atoms with van der Waals surface area (Å²) >= 11 is 0. The van der Waals surface area contributed by atoms with Crippen LogP contribution < -0.4 is 0 Å². The van der Waals surface area contributed by atoms with Crippen LogP contribution in [0.25, 0.3) is 10.9 Å². The summed E-state index contributed by atoms with van der Waals surface area (Å²) in [7, 11) is 0. The zero-order valence-electron chi connectivity index (χ0n) is 11.1. The molecule has 1 aromatic carbocycles. The lowest BCUT2D eigenvalue weighted by Gasteiger charge is -2.18. The fourth-order valence-electron chi connectivity index (χ4n) is 2.55. The molecule has 0 radical (unpaired) electrons. The maximum absolute atomic E-state index is 11.3. The van der Waals surface area contributed by atoms with Gasteiger partial charge in [-0.25, -0.2) is 4.79 Å². The summed E-state index contributed by atoms with van der Waals surface area (Å²) in [4.78, 5) is 11.3. The van der Waals surface area contributed by atoms with Gasteiger partial charge in [0, 0.05) is 17.6 Å². The number of carbonyl (C=O) groups is 1. The number of hydrogen-bond acceptors (Lipinski definition) is 1. The van der Waals surface area contributed by atoms with Crippen LogP contribution in [0.4, 0.5) is 0 Å². The predicted octanol–water partition coefficient (Wildman–Crippen LogP) is 3.95. The summed E-state index contributed by atoms with van der Waals surface area (Å²) in [5.41, 5.74) is 1.21. The van der Waals surface area contributed by atoms with Gasteiger partial charge in [-0.3, -0.25) is 0 Å². The molecule has 0 saturated carbocycles. The second-order valence-electron chi connectivity index (χ2n) is 5.25. The Kier molecular flexibility index (Phi) is 3.41. The van der Waals surface area contributed by atoms with E-state index < -0.39 is 5.97 Å². The molecule has 1 N–H and O–H groups in total. The number of para-hydroxylation sites is 1. The maximum atomic E-state index is 11.3. The van der Waals surface area contributed by atoms with Crippen molar-refractivity contribution in [3.05, 3.63) is 36.0 Å². The van der Waals surface area contributed by atoms with Crippen molar-refractivity contribution in [3.63, 3.8) is 0 Å². The Hall–Kier alpha value is -1.77. The number of carboxylic acid groups (broad SMARTS) is 1. The van der Waals surface area contributed by atoms with Crippen molar-refractivity contribution in [2.45, 2.75) is 33.2 Å². The number of aromatic nitrogens is 1. The third kappa shape index (κ3) is 2.26. The highest BCUT2D eigenvalue weighted by Gasteiger charge is 2.15. The molecular weight excluding hydrogens is 226 g/mol. The summed E-state index contributed by atoms with van der Waals surface area (Å²) in [6.07, 6.45) is 3.03. The van der Waals surface area contributed by atoms with Crippen LogP contribution >= 0.6 is 0 Å². The average molecular weight is 245 g/mol. The first-order valence-electron chi connectivity index (χ1n) is 6.33. The summed E-state index contributed by atoms with van der Waals surface area (Å²) in [6, 6.07) is 7.72. The van der Waals surface area contributed by atoms with E-state index in [2.05, 4.69) is 25.3 Å². The molecule has 1 heterocycles. The van der Waals surface area contributed by atoms with Gasteiger partial charge in [0.25, 0.3) is 0 Å². The van der Waals surface area contributed by atoms with Crippen LogP contribution in [0.5, 0.6) is 0 Å². The van der Waals surface area contributed by atoms with Crippen molar-refractivity contribution in [2.75, 3.05) is 0 Å². The lowest BCUT2D eigenvalue weighted by atomic mass is 10.0. The molecule has 0 fully saturated rings. The van der Waals surface area contributed by atoms with Crippen LogP contribution in [-0.2, 0) is 0 Å². The molecule has 0 spiro atoms. The summed E-state index contributed by atoms with van der Waals surface area (Å²) < 4.78 is 2.08. The molecule has 0 saturated heterocycles. The predicted molar refractivity (Wildman–Crippen MR) is 73.1 cm³/mol. The molecule has 0 aliphatic rings. The molecule has 96 valence electrons. The minimum Gasteiger partial charge on any atom is -0.478 e. The normalized spacial score (nSPS) is 13.1. The summed E-state index contributed by atoms with van der Waals surface area (Å²) in [5.74, 6) is -0.272. The number of aromatic carboxylic acids is 1. The second kappa shape index (κ2) is 4.84. The Balaban J connectivity index is 2.55. The van der Waals surface area contributed by atoms with Crippen molar-refractivity contribution in [1.29, 1.82) is 0 Å². The Bertz CT molecular complexity index is 569. The number of hydrogen-bond donors (Lipinski definition) is 1. The molecule has 0 amide bonds. The molecule has 2 aromatic rings. The second-order valence-corrected chi connectivity index (χ2v) is 5.25. The van der Waals surface area contributed by atoms with Crippen LogP contribution in [-0.4, -0.2) is 15.6 Å². The van der Waals surface area contributed by atoms with Gasteiger partial charge in [0.05, 0.1) is 11.1 Å². The van der Waals surface area contributed by atoms with Gasteiger partial charge in [-0.1, -0.05) is 26.0 Å². The standard InChI is InChI=1S/C15H19NO2/c1-10(2)9-11(3)16-8-7-12-5-4-6-13(14(12)16)15(17)18/h4-8,10-11H,9H2,1-3H3,(H,17,18). The Morgan fingerprint density at radius 3 is 2.61 bits per heavy atom. The van der Waals surface area contributed by atoms with Gasteiger partial charge < -0.3 is 9.67 Å². The molecule has 0 bridgehead atoms. The molecule has 1 aromatic heterocycles. The van der Waals surface area contributed by atoms with E-state index in [1.165, 1.54) is 0 Å². The van der Waals surface area contributed by atoms with Crippen molar-refractivity contribution >= 4 is 16.9 Å². The minimum absolute atomic E-state index is 0.308. The number of carboxylic acids is 1. The number of rotatable bonds is 4. The number of fused-ring (bicyclic) bond motifs is 1. The Morgan fingerprint density at radius 2 is 2.00 bits per heavy atom. The highest BCUT2D eigenvalue weighted by Crippen LogP contribution is 2.26. The van der Waals surface area contributed by atoms with E-state index in [4.69, 9.17) is 0 Å².